The van der Waals surface area contributed by atoms with E-state index >= 15 is 0 Å². The Morgan fingerprint density at radius 2 is 1.91 bits per heavy atom. The summed E-state index contributed by atoms with van der Waals surface area (Å²) in [6.45, 7) is 3.27. The smallest absolute Gasteiger partial charge is 0.255 e. The number of halogens is 3. The third-order valence-corrected chi connectivity index (χ3v) is 4.46. The molecule has 0 radical (unpaired) electrons. The molecule has 2 heterocycles. The number of carbonyl (C=O) groups excluding carboxylic acids is 1. The molecule has 1 aromatic heterocycles. The van der Waals surface area contributed by atoms with E-state index in [1.807, 2.05) is 12.1 Å². The Kier molecular flexibility index (Phi) is 4.90. The average molecular weight is 357 g/mol. The Bertz CT molecular complexity index is 698. The Balaban J connectivity index is 1.63. The molecule has 0 N–H and O–H groups in total. The van der Waals surface area contributed by atoms with E-state index in [-0.39, 0.29) is 21.5 Å². The van der Waals surface area contributed by atoms with Gasteiger partial charge < -0.3 is 9.32 Å². The highest BCUT2D eigenvalue weighted by molar-refractivity contribution is 6.36. The van der Waals surface area contributed by atoms with Crippen molar-refractivity contribution in [2.75, 3.05) is 26.2 Å². The fourth-order valence-electron chi connectivity index (χ4n) is 2.59. The number of hydrogen-bond donors (Lipinski definition) is 0. The molecule has 4 nitrogen and oxygen atoms in total. The Labute approximate surface area is 143 Å². The Morgan fingerprint density at radius 3 is 2.57 bits per heavy atom. The fourth-order valence-corrected chi connectivity index (χ4v) is 3.05. The van der Waals surface area contributed by atoms with Gasteiger partial charge in [-0.3, -0.25) is 9.69 Å². The maximum Gasteiger partial charge on any atom is 0.255 e. The predicted octanol–water partition coefficient (Wildman–Crippen LogP) is 3.68. The van der Waals surface area contributed by atoms with Gasteiger partial charge in [0.15, 0.2) is 0 Å². The van der Waals surface area contributed by atoms with Gasteiger partial charge in [-0.2, -0.15) is 0 Å². The molecule has 1 aromatic carbocycles. The number of amides is 1. The van der Waals surface area contributed by atoms with Crippen LogP contribution in [-0.4, -0.2) is 41.9 Å². The van der Waals surface area contributed by atoms with E-state index < -0.39 is 5.82 Å². The highest BCUT2D eigenvalue weighted by atomic mass is 35.5. The summed E-state index contributed by atoms with van der Waals surface area (Å²) in [5, 5.41) is 0.0780. The quantitative estimate of drug-likeness (QED) is 0.787. The van der Waals surface area contributed by atoms with Crippen molar-refractivity contribution in [3.63, 3.8) is 0 Å². The van der Waals surface area contributed by atoms with Gasteiger partial charge in [0.2, 0.25) is 0 Å². The first kappa shape index (κ1) is 16.3. The van der Waals surface area contributed by atoms with Gasteiger partial charge in [0.25, 0.3) is 5.91 Å². The van der Waals surface area contributed by atoms with Gasteiger partial charge in [-0.1, -0.05) is 23.2 Å². The molecule has 23 heavy (non-hydrogen) atoms. The summed E-state index contributed by atoms with van der Waals surface area (Å²) >= 11 is 11.7. The average Bonchev–Trinajstić information content (AvgIpc) is 3.04. The highest BCUT2D eigenvalue weighted by Gasteiger charge is 2.25. The largest absolute Gasteiger partial charge is 0.468 e. The van der Waals surface area contributed by atoms with Gasteiger partial charge in [-0.25, -0.2) is 4.39 Å². The van der Waals surface area contributed by atoms with Crippen LogP contribution in [0, 0.1) is 5.82 Å². The molecule has 122 valence electrons. The van der Waals surface area contributed by atoms with Crippen LogP contribution in [0.5, 0.6) is 0 Å². The van der Waals surface area contributed by atoms with Gasteiger partial charge in [0.1, 0.15) is 11.6 Å². The minimum atomic E-state index is -0.643. The molecule has 1 fully saturated rings. The topological polar surface area (TPSA) is 36.7 Å². The van der Waals surface area contributed by atoms with Gasteiger partial charge in [-0.15, -0.1) is 0 Å². The molecule has 0 atom stereocenters. The Morgan fingerprint density at radius 1 is 1.17 bits per heavy atom. The van der Waals surface area contributed by atoms with Gasteiger partial charge >= 0.3 is 0 Å². The molecule has 1 saturated heterocycles. The summed E-state index contributed by atoms with van der Waals surface area (Å²) in [6, 6.07) is 6.14. The standard InChI is InChI=1S/C16H15Cl2FN2O2/c17-13-9-14(18)15(19)8-12(13)16(22)21-5-3-20(4-6-21)10-11-2-1-7-23-11/h1-2,7-9H,3-6,10H2. The number of carbonyl (C=O) groups is 1. The maximum atomic E-state index is 13.6. The zero-order valence-corrected chi connectivity index (χ0v) is 13.8. The lowest BCUT2D eigenvalue weighted by molar-refractivity contribution is 0.0620. The number of benzene rings is 1. The van der Waals surface area contributed by atoms with Crippen molar-refractivity contribution in [3.05, 3.63) is 57.7 Å². The minimum absolute atomic E-state index is 0.0881. The second-order valence-electron chi connectivity index (χ2n) is 5.39. The van der Waals surface area contributed by atoms with Crippen molar-refractivity contribution in [1.29, 1.82) is 0 Å². The second kappa shape index (κ2) is 6.91. The fraction of sp³-hybridized carbons (Fsp3) is 0.312. The van der Waals surface area contributed by atoms with Gasteiger partial charge in [0, 0.05) is 26.2 Å². The number of furan rings is 1. The van der Waals surface area contributed by atoms with Crippen molar-refractivity contribution in [1.82, 2.24) is 9.80 Å². The first-order chi connectivity index (χ1) is 11.0. The van der Waals surface area contributed by atoms with Crippen LogP contribution in [-0.2, 0) is 6.54 Å². The zero-order valence-electron chi connectivity index (χ0n) is 12.3. The molecule has 1 aliphatic rings. The van der Waals surface area contributed by atoms with E-state index in [4.69, 9.17) is 27.6 Å². The first-order valence-corrected chi connectivity index (χ1v) is 7.99. The molecule has 3 rings (SSSR count). The molecule has 0 unspecified atom stereocenters. The van der Waals surface area contributed by atoms with Crippen LogP contribution < -0.4 is 0 Å². The number of nitrogens with zero attached hydrogens (tertiary/aromatic N) is 2. The molecule has 0 saturated carbocycles. The molecule has 0 bridgehead atoms. The van der Waals surface area contributed by atoms with E-state index in [9.17, 15) is 9.18 Å². The number of piperazine rings is 1. The molecule has 1 aliphatic heterocycles. The summed E-state index contributed by atoms with van der Waals surface area (Å²) in [5.41, 5.74) is 0.146. The zero-order chi connectivity index (χ0) is 16.4. The molecule has 7 heteroatoms. The molecule has 2 aromatic rings. The summed E-state index contributed by atoms with van der Waals surface area (Å²) in [6.07, 6.45) is 1.65. The normalized spacial score (nSPS) is 15.9. The van der Waals surface area contributed by atoms with E-state index in [0.717, 1.165) is 24.9 Å². The monoisotopic (exact) mass is 356 g/mol. The lowest BCUT2D eigenvalue weighted by Gasteiger charge is -2.34. The van der Waals surface area contributed by atoms with E-state index in [0.29, 0.717) is 19.6 Å². The first-order valence-electron chi connectivity index (χ1n) is 7.23. The minimum Gasteiger partial charge on any atom is -0.468 e. The lowest BCUT2D eigenvalue weighted by atomic mass is 10.1. The third-order valence-electron chi connectivity index (χ3n) is 3.86. The van der Waals surface area contributed by atoms with Crippen LogP contribution >= 0.6 is 23.2 Å². The van der Waals surface area contributed by atoms with Crippen LogP contribution in [0.15, 0.2) is 34.9 Å². The van der Waals surface area contributed by atoms with Crippen LogP contribution in [0.2, 0.25) is 10.0 Å². The lowest BCUT2D eigenvalue weighted by Crippen LogP contribution is -2.48. The highest BCUT2D eigenvalue weighted by Crippen LogP contribution is 2.25. The molecule has 1 amide bonds. The molecular formula is C16H15Cl2FN2O2. The van der Waals surface area contributed by atoms with Crippen LogP contribution in [0.4, 0.5) is 4.39 Å². The van der Waals surface area contributed by atoms with Gasteiger partial charge in [-0.05, 0) is 24.3 Å². The van der Waals surface area contributed by atoms with E-state index in [1.165, 1.54) is 6.07 Å². The second-order valence-corrected chi connectivity index (χ2v) is 6.21. The van der Waals surface area contributed by atoms with Crippen molar-refractivity contribution < 1.29 is 13.6 Å². The van der Waals surface area contributed by atoms with Crippen LogP contribution in [0.25, 0.3) is 0 Å². The van der Waals surface area contributed by atoms with Crippen LogP contribution in [0.3, 0.4) is 0 Å². The van der Waals surface area contributed by atoms with Gasteiger partial charge in [0.05, 0.1) is 28.4 Å². The van der Waals surface area contributed by atoms with Crippen molar-refractivity contribution in [2.24, 2.45) is 0 Å². The number of rotatable bonds is 3. The third kappa shape index (κ3) is 3.68. The SMILES string of the molecule is O=C(c1cc(F)c(Cl)cc1Cl)N1CCN(Cc2ccco2)CC1. The molecule has 0 spiro atoms. The van der Waals surface area contributed by atoms with E-state index in [1.54, 1.807) is 11.2 Å². The summed E-state index contributed by atoms with van der Waals surface area (Å²) in [7, 11) is 0. The van der Waals surface area contributed by atoms with Crippen molar-refractivity contribution in [3.8, 4) is 0 Å². The van der Waals surface area contributed by atoms with Crippen LogP contribution in [0.1, 0.15) is 16.1 Å². The maximum absolute atomic E-state index is 13.6. The Hall–Kier alpha value is -1.56. The molecule has 0 aliphatic carbocycles. The van der Waals surface area contributed by atoms with Crippen molar-refractivity contribution in [2.45, 2.75) is 6.54 Å². The summed E-state index contributed by atoms with van der Waals surface area (Å²) in [5.74, 6) is -0.0216. The number of hydrogen-bond acceptors (Lipinski definition) is 3. The predicted molar refractivity (Wildman–Crippen MR) is 86.3 cm³/mol. The summed E-state index contributed by atoms with van der Waals surface area (Å²) in [4.78, 5) is 16.4. The summed E-state index contributed by atoms with van der Waals surface area (Å²) < 4.78 is 18.9. The van der Waals surface area contributed by atoms with E-state index in [2.05, 4.69) is 4.90 Å². The van der Waals surface area contributed by atoms with Crippen molar-refractivity contribution >= 4 is 29.1 Å². The molecular weight excluding hydrogens is 342 g/mol.